The Morgan fingerprint density at radius 1 is 1.47 bits per heavy atom. The highest BCUT2D eigenvalue weighted by Gasteiger charge is 2.21. The second-order valence-electron chi connectivity index (χ2n) is 4.08. The summed E-state index contributed by atoms with van der Waals surface area (Å²) < 4.78 is 18.6. The van der Waals surface area contributed by atoms with E-state index in [9.17, 15) is 14.3 Å². The molecule has 4 heteroatoms. The molecule has 1 N–H and O–H groups in total. The number of rotatable bonds is 5. The van der Waals surface area contributed by atoms with Crippen LogP contribution in [0.4, 0.5) is 4.39 Å². The Balaban J connectivity index is 2.93. The highest BCUT2D eigenvalue weighted by molar-refractivity contribution is 5.85. The van der Waals surface area contributed by atoms with Crippen LogP contribution in [0.3, 0.4) is 0 Å². The molecule has 0 radical (unpaired) electrons. The third-order valence-electron chi connectivity index (χ3n) is 2.41. The molecule has 0 heterocycles. The van der Waals surface area contributed by atoms with E-state index in [1.165, 1.54) is 12.1 Å². The number of carbonyl (C=O) groups excluding carboxylic acids is 1. The minimum atomic E-state index is -1.28. The number of aliphatic hydroxyl groups is 1. The number of Topliss-reactive ketones (excluding diaryl/α,β-unsaturated/α-hetero) is 1. The van der Waals surface area contributed by atoms with Gasteiger partial charge in [-0.2, -0.15) is 0 Å². The summed E-state index contributed by atoms with van der Waals surface area (Å²) in [7, 11) is 0. The fourth-order valence-corrected chi connectivity index (χ4v) is 1.44. The molecule has 0 saturated heterocycles. The molecule has 1 atom stereocenters. The zero-order valence-electron chi connectivity index (χ0n) is 10.2. The largest absolute Gasteiger partial charge is 0.491 e. The zero-order valence-corrected chi connectivity index (χ0v) is 10.2. The normalized spacial score (nSPS) is 12.6. The quantitative estimate of drug-likeness (QED) is 0.860. The Morgan fingerprint density at radius 3 is 2.59 bits per heavy atom. The van der Waals surface area contributed by atoms with Crippen LogP contribution < -0.4 is 4.74 Å². The topological polar surface area (TPSA) is 46.5 Å². The van der Waals surface area contributed by atoms with Gasteiger partial charge in [0.25, 0.3) is 0 Å². The van der Waals surface area contributed by atoms with Gasteiger partial charge in [-0.25, -0.2) is 4.39 Å². The van der Waals surface area contributed by atoms with Gasteiger partial charge in [0.05, 0.1) is 6.61 Å². The van der Waals surface area contributed by atoms with Gasteiger partial charge in [0, 0.05) is 5.92 Å². The molecule has 1 aromatic carbocycles. The van der Waals surface area contributed by atoms with Gasteiger partial charge in [-0.1, -0.05) is 19.9 Å². The van der Waals surface area contributed by atoms with E-state index < -0.39 is 11.9 Å². The summed E-state index contributed by atoms with van der Waals surface area (Å²) >= 11 is 0. The van der Waals surface area contributed by atoms with Crippen molar-refractivity contribution in [3.8, 4) is 5.75 Å². The first kappa shape index (κ1) is 13.6. The Morgan fingerprint density at radius 2 is 2.12 bits per heavy atom. The van der Waals surface area contributed by atoms with Crippen LogP contribution in [0.5, 0.6) is 5.75 Å². The minimum absolute atomic E-state index is 0.125. The first-order valence-corrected chi connectivity index (χ1v) is 5.61. The second-order valence-corrected chi connectivity index (χ2v) is 4.08. The number of halogens is 1. The molecule has 0 aliphatic heterocycles. The molecule has 94 valence electrons. The zero-order chi connectivity index (χ0) is 13.0. The van der Waals surface area contributed by atoms with Crippen molar-refractivity contribution < 1.29 is 19.0 Å². The van der Waals surface area contributed by atoms with Crippen molar-refractivity contribution in [1.82, 2.24) is 0 Å². The average Bonchev–Trinajstić information content (AvgIpc) is 2.30. The Bertz CT molecular complexity index is 402. The van der Waals surface area contributed by atoms with Gasteiger partial charge in [0.2, 0.25) is 0 Å². The number of hydrogen-bond donors (Lipinski definition) is 1. The number of hydrogen-bond acceptors (Lipinski definition) is 3. The van der Waals surface area contributed by atoms with Crippen molar-refractivity contribution in [2.75, 3.05) is 6.61 Å². The van der Waals surface area contributed by atoms with Gasteiger partial charge in [-0.3, -0.25) is 4.79 Å². The number of ketones is 1. The highest BCUT2D eigenvalue weighted by Crippen LogP contribution is 2.24. The van der Waals surface area contributed by atoms with E-state index in [-0.39, 0.29) is 23.0 Å². The lowest BCUT2D eigenvalue weighted by atomic mass is 9.98. The molecule has 0 aromatic heterocycles. The van der Waals surface area contributed by atoms with Crippen molar-refractivity contribution in [1.29, 1.82) is 0 Å². The van der Waals surface area contributed by atoms with Crippen molar-refractivity contribution in [3.63, 3.8) is 0 Å². The van der Waals surface area contributed by atoms with Crippen LogP contribution in [0.2, 0.25) is 0 Å². The first-order chi connectivity index (χ1) is 7.97. The Hall–Kier alpha value is -1.42. The third kappa shape index (κ3) is 3.27. The first-order valence-electron chi connectivity index (χ1n) is 5.61. The molecule has 17 heavy (non-hydrogen) atoms. The summed E-state index contributed by atoms with van der Waals surface area (Å²) in [5, 5.41) is 9.75. The second kappa shape index (κ2) is 5.77. The maximum atomic E-state index is 13.5. The summed E-state index contributed by atoms with van der Waals surface area (Å²) in [6.07, 6.45) is -1.28. The summed E-state index contributed by atoms with van der Waals surface area (Å²) in [5.74, 6) is -1.06. The third-order valence-corrected chi connectivity index (χ3v) is 2.41. The van der Waals surface area contributed by atoms with E-state index in [0.717, 1.165) is 6.07 Å². The van der Waals surface area contributed by atoms with Crippen LogP contribution in [-0.2, 0) is 4.79 Å². The highest BCUT2D eigenvalue weighted by atomic mass is 19.1. The molecule has 0 amide bonds. The lowest BCUT2D eigenvalue weighted by molar-refractivity contribution is -0.130. The number of aliphatic hydroxyl groups excluding tert-OH is 1. The standard InChI is InChI=1S/C13H17FO3/c1-4-17-11-6-5-9(7-10(11)14)13(16)12(15)8(2)3/h5-8,13,16H,4H2,1-3H3. The molecule has 3 nitrogen and oxygen atoms in total. The molecular formula is C13H17FO3. The lowest BCUT2D eigenvalue weighted by Gasteiger charge is -2.13. The van der Waals surface area contributed by atoms with Crippen LogP contribution in [0, 0.1) is 11.7 Å². The van der Waals surface area contributed by atoms with Gasteiger partial charge in [0.1, 0.15) is 6.10 Å². The molecule has 0 bridgehead atoms. The summed E-state index contributed by atoms with van der Waals surface area (Å²) in [5.41, 5.74) is 0.254. The van der Waals surface area contributed by atoms with E-state index in [4.69, 9.17) is 4.74 Å². The van der Waals surface area contributed by atoms with Gasteiger partial charge in [-0.15, -0.1) is 0 Å². The fraction of sp³-hybridized carbons (Fsp3) is 0.462. The summed E-state index contributed by atoms with van der Waals surface area (Å²) in [6, 6.07) is 4.06. The maximum Gasteiger partial charge on any atom is 0.168 e. The van der Waals surface area contributed by atoms with Crippen molar-refractivity contribution in [3.05, 3.63) is 29.6 Å². The van der Waals surface area contributed by atoms with E-state index in [0.29, 0.717) is 6.61 Å². The van der Waals surface area contributed by atoms with Gasteiger partial charge < -0.3 is 9.84 Å². The Labute approximate surface area is 100 Å². The van der Waals surface area contributed by atoms with Crippen LogP contribution >= 0.6 is 0 Å². The number of ether oxygens (including phenoxy) is 1. The van der Waals surface area contributed by atoms with Crippen LogP contribution in [0.25, 0.3) is 0 Å². The van der Waals surface area contributed by atoms with Gasteiger partial charge in [-0.05, 0) is 24.6 Å². The average molecular weight is 240 g/mol. The predicted octanol–water partition coefficient (Wildman–Crippen LogP) is 2.48. The molecule has 0 spiro atoms. The van der Waals surface area contributed by atoms with Gasteiger partial charge in [0.15, 0.2) is 17.3 Å². The molecule has 1 rings (SSSR count). The molecule has 0 aliphatic carbocycles. The SMILES string of the molecule is CCOc1ccc(C(O)C(=O)C(C)C)cc1F. The number of carbonyl (C=O) groups is 1. The summed E-state index contributed by atoms with van der Waals surface area (Å²) in [6.45, 7) is 5.50. The Kier molecular flexibility index (Phi) is 4.63. The lowest BCUT2D eigenvalue weighted by Crippen LogP contribution is -2.17. The minimum Gasteiger partial charge on any atom is -0.491 e. The smallest absolute Gasteiger partial charge is 0.168 e. The van der Waals surface area contributed by atoms with Crippen molar-refractivity contribution in [2.45, 2.75) is 26.9 Å². The van der Waals surface area contributed by atoms with E-state index in [2.05, 4.69) is 0 Å². The monoisotopic (exact) mass is 240 g/mol. The van der Waals surface area contributed by atoms with Crippen LogP contribution in [-0.4, -0.2) is 17.5 Å². The number of benzene rings is 1. The molecular weight excluding hydrogens is 223 g/mol. The van der Waals surface area contributed by atoms with Crippen molar-refractivity contribution in [2.24, 2.45) is 5.92 Å². The predicted molar refractivity (Wildman–Crippen MR) is 62.4 cm³/mol. The molecule has 0 aliphatic rings. The van der Waals surface area contributed by atoms with Crippen LogP contribution in [0.1, 0.15) is 32.4 Å². The summed E-state index contributed by atoms with van der Waals surface area (Å²) in [4.78, 5) is 11.6. The van der Waals surface area contributed by atoms with E-state index in [1.807, 2.05) is 0 Å². The molecule has 0 saturated carbocycles. The van der Waals surface area contributed by atoms with E-state index >= 15 is 0 Å². The maximum absolute atomic E-state index is 13.5. The molecule has 1 unspecified atom stereocenters. The van der Waals surface area contributed by atoms with Crippen LogP contribution in [0.15, 0.2) is 18.2 Å². The molecule has 1 aromatic rings. The fourth-order valence-electron chi connectivity index (χ4n) is 1.44. The van der Waals surface area contributed by atoms with E-state index in [1.54, 1.807) is 20.8 Å². The molecule has 0 fully saturated rings. The van der Waals surface area contributed by atoms with Gasteiger partial charge >= 0.3 is 0 Å². The van der Waals surface area contributed by atoms with Crippen molar-refractivity contribution >= 4 is 5.78 Å².